The Hall–Kier alpha value is -3.35. The van der Waals surface area contributed by atoms with Gasteiger partial charge in [-0.1, -0.05) is 30.3 Å². The molecule has 0 saturated heterocycles. The van der Waals surface area contributed by atoms with E-state index in [2.05, 4.69) is 13.0 Å². The molecular formula is C25H24ClN3O5S. The van der Waals surface area contributed by atoms with Crippen LogP contribution in [0.5, 0.6) is 17.2 Å². The van der Waals surface area contributed by atoms with Crippen LogP contribution in [0.3, 0.4) is 0 Å². The summed E-state index contributed by atoms with van der Waals surface area (Å²) >= 11 is 7.90. The molecule has 0 aliphatic carbocycles. The zero-order valence-corrected chi connectivity index (χ0v) is 20.9. The van der Waals surface area contributed by atoms with Crippen LogP contribution in [0, 0.1) is 11.3 Å². The Morgan fingerprint density at radius 3 is 2.66 bits per heavy atom. The van der Waals surface area contributed by atoms with E-state index in [1.54, 1.807) is 25.1 Å². The quantitative estimate of drug-likeness (QED) is 0.340. The highest BCUT2D eigenvalue weighted by atomic mass is 35.5. The number of imidazole rings is 1. The lowest BCUT2D eigenvalue weighted by atomic mass is 10.2. The number of hydrogen-bond donors (Lipinski definition) is 0. The number of fused-ring (bicyclic) bond motifs is 1. The maximum Gasteiger partial charge on any atom is 0.344 e. The van der Waals surface area contributed by atoms with Crippen molar-refractivity contribution in [1.82, 2.24) is 9.55 Å². The summed E-state index contributed by atoms with van der Waals surface area (Å²) in [6.45, 7) is 4.54. The number of hydrogen-bond acceptors (Lipinski definition) is 8. The second-order valence-electron chi connectivity index (χ2n) is 7.59. The SMILES string of the molecule is CCCc1nc(Sc2ccc(OCC(=O)OCC)cc2)c(C#N)n1Cc1cc2c(cc1Cl)OCO2. The summed E-state index contributed by atoms with van der Waals surface area (Å²) in [5, 5.41) is 11.2. The fraction of sp³-hybridized carbons (Fsp3) is 0.320. The van der Waals surface area contributed by atoms with Gasteiger partial charge in [0, 0.05) is 22.4 Å². The van der Waals surface area contributed by atoms with Crippen molar-refractivity contribution in [1.29, 1.82) is 5.26 Å². The number of carbonyl (C=O) groups excluding carboxylic acids is 1. The zero-order chi connectivity index (χ0) is 24.8. The molecule has 0 bridgehead atoms. The molecule has 0 saturated carbocycles. The predicted octanol–water partition coefficient (Wildman–Crippen LogP) is 5.23. The number of rotatable bonds is 10. The number of esters is 1. The van der Waals surface area contributed by atoms with Gasteiger partial charge >= 0.3 is 5.97 Å². The number of carbonyl (C=O) groups is 1. The molecule has 1 aliphatic rings. The van der Waals surface area contributed by atoms with Crippen molar-refractivity contribution in [3.8, 4) is 23.3 Å². The Bertz CT molecular complexity index is 1250. The molecule has 1 aliphatic heterocycles. The van der Waals surface area contributed by atoms with Crippen molar-refractivity contribution >= 4 is 29.3 Å². The van der Waals surface area contributed by atoms with Crippen molar-refractivity contribution in [2.45, 2.75) is 43.2 Å². The van der Waals surface area contributed by atoms with Crippen LogP contribution >= 0.6 is 23.4 Å². The first-order valence-corrected chi connectivity index (χ1v) is 12.4. The summed E-state index contributed by atoms with van der Waals surface area (Å²) < 4.78 is 23.1. The van der Waals surface area contributed by atoms with Gasteiger partial charge < -0.3 is 23.5 Å². The van der Waals surface area contributed by atoms with Crippen LogP contribution in [0.25, 0.3) is 0 Å². The minimum atomic E-state index is -0.416. The third-order valence-corrected chi connectivity index (χ3v) is 6.50. The molecule has 0 amide bonds. The summed E-state index contributed by atoms with van der Waals surface area (Å²) in [5.74, 6) is 2.21. The van der Waals surface area contributed by atoms with Crippen molar-refractivity contribution in [3.63, 3.8) is 0 Å². The lowest BCUT2D eigenvalue weighted by molar-refractivity contribution is -0.145. The molecule has 1 aromatic heterocycles. The van der Waals surface area contributed by atoms with Gasteiger partial charge in [0.05, 0.1) is 13.2 Å². The van der Waals surface area contributed by atoms with Crippen LogP contribution < -0.4 is 14.2 Å². The number of aryl methyl sites for hydroxylation is 1. The van der Waals surface area contributed by atoms with E-state index in [9.17, 15) is 10.1 Å². The van der Waals surface area contributed by atoms with Crippen LogP contribution in [0.2, 0.25) is 5.02 Å². The lowest BCUT2D eigenvalue weighted by Crippen LogP contribution is -2.14. The number of nitrogens with zero attached hydrogens (tertiary/aromatic N) is 3. The molecule has 0 unspecified atom stereocenters. The Kier molecular flexibility index (Phi) is 8.06. The van der Waals surface area contributed by atoms with Gasteiger partial charge in [-0.05, 0) is 49.2 Å². The average Bonchev–Trinajstić information content (AvgIpc) is 3.43. The zero-order valence-electron chi connectivity index (χ0n) is 19.4. The third kappa shape index (κ3) is 5.84. The molecule has 0 atom stereocenters. The molecule has 8 nitrogen and oxygen atoms in total. The molecule has 182 valence electrons. The first kappa shape index (κ1) is 24.8. The van der Waals surface area contributed by atoms with Gasteiger partial charge in [0.25, 0.3) is 0 Å². The normalized spacial score (nSPS) is 11.8. The summed E-state index contributed by atoms with van der Waals surface area (Å²) in [4.78, 5) is 17.1. The number of nitriles is 1. The number of aromatic nitrogens is 2. The number of halogens is 1. The van der Waals surface area contributed by atoms with Gasteiger partial charge in [-0.2, -0.15) is 5.26 Å². The highest BCUT2D eigenvalue weighted by Gasteiger charge is 2.21. The van der Waals surface area contributed by atoms with Gasteiger partial charge in [-0.15, -0.1) is 0 Å². The van der Waals surface area contributed by atoms with Crippen molar-refractivity contribution < 1.29 is 23.7 Å². The second kappa shape index (κ2) is 11.4. The Labute approximate surface area is 212 Å². The maximum absolute atomic E-state index is 11.5. The summed E-state index contributed by atoms with van der Waals surface area (Å²) in [5.41, 5.74) is 1.29. The van der Waals surface area contributed by atoms with Gasteiger partial charge in [0.1, 0.15) is 22.7 Å². The average molecular weight is 514 g/mol. The highest BCUT2D eigenvalue weighted by Crippen LogP contribution is 2.38. The molecule has 4 rings (SSSR count). The smallest absolute Gasteiger partial charge is 0.344 e. The van der Waals surface area contributed by atoms with E-state index in [1.807, 2.05) is 22.8 Å². The van der Waals surface area contributed by atoms with E-state index >= 15 is 0 Å². The number of ether oxygens (including phenoxy) is 4. The highest BCUT2D eigenvalue weighted by molar-refractivity contribution is 7.99. The molecule has 0 spiro atoms. The van der Waals surface area contributed by atoms with Crippen LogP contribution in [0.15, 0.2) is 46.3 Å². The molecule has 35 heavy (non-hydrogen) atoms. The summed E-state index contributed by atoms with van der Waals surface area (Å²) in [7, 11) is 0. The molecule has 0 radical (unpaired) electrons. The fourth-order valence-corrected chi connectivity index (χ4v) is 4.66. The summed E-state index contributed by atoms with van der Waals surface area (Å²) in [6.07, 6.45) is 1.60. The van der Waals surface area contributed by atoms with Crippen LogP contribution in [-0.2, 0) is 22.5 Å². The number of benzene rings is 2. The summed E-state index contributed by atoms with van der Waals surface area (Å²) in [6, 6.07) is 13.2. The molecule has 10 heteroatoms. The van der Waals surface area contributed by atoms with Gasteiger partial charge in [0.15, 0.2) is 23.8 Å². The van der Waals surface area contributed by atoms with Crippen LogP contribution in [0.4, 0.5) is 0 Å². The third-order valence-electron chi connectivity index (χ3n) is 5.16. The van der Waals surface area contributed by atoms with Gasteiger partial charge in [-0.3, -0.25) is 0 Å². The van der Waals surface area contributed by atoms with E-state index in [0.29, 0.717) is 46.1 Å². The maximum atomic E-state index is 11.5. The van der Waals surface area contributed by atoms with Crippen molar-refractivity contribution in [3.05, 3.63) is 58.5 Å². The second-order valence-corrected chi connectivity index (χ2v) is 9.06. The molecule has 0 fully saturated rings. The van der Waals surface area contributed by atoms with Crippen molar-refractivity contribution in [2.75, 3.05) is 20.0 Å². The fourth-order valence-electron chi connectivity index (χ4n) is 3.55. The van der Waals surface area contributed by atoms with Crippen LogP contribution in [-0.4, -0.2) is 35.5 Å². The van der Waals surface area contributed by atoms with Gasteiger partial charge in [-0.25, -0.2) is 9.78 Å². The largest absolute Gasteiger partial charge is 0.482 e. The molecule has 2 heterocycles. The molecule has 3 aromatic rings. The first-order valence-electron chi connectivity index (χ1n) is 11.2. The Balaban J connectivity index is 1.55. The molecule has 2 aromatic carbocycles. The minimum Gasteiger partial charge on any atom is -0.482 e. The Morgan fingerprint density at radius 1 is 1.23 bits per heavy atom. The van der Waals surface area contributed by atoms with E-state index < -0.39 is 5.97 Å². The van der Waals surface area contributed by atoms with E-state index in [0.717, 1.165) is 29.1 Å². The monoisotopic (exact) mass is 513 g/mol. The standard InChI is InChI=1S/C25H24ClN3O5S/c1-3-5-23-28-25(35-18-8-6-17(7-9-18)32-14-24(30)31-4-2)20(12-27)29(23)13-16-10-21-22(11-19(16)26)34-15-33-21/h6-11H,3-5,13-15H2,1-2H3. The van der Waals surface area contributed by atoms with E-state index in [4.69, 9.17) is 35.5 Å². The minimum absolute atomic E-state index is 0.147. The van der Waals surface area contributed by atoms with E-state index in [-0.39, 0.29) is 13.4 Å². The predicted molar refractivity (Wildman–Crippen MR) is 130 cm³/mol. The lowest BCUT2D eigenvalue weighted by Gasteiger charge is -2.11. The van der Waals surface area contributed by atoms with Crippen molar-refractivity contribution in [2.24, 2.45) is 0 Å². The topological polar surface area (TPSA) is 95.6 Å². The Morgan fingerprint density at radius 2 is 1.97 bits per heavy atom. The van der Waals surface area contributed by atoms with Crippen LogP contribution in [0.1, 0.15) is 37.4 Å². The molecular weight excluding hydrogens is 490 g/mol. The first-order chi connectivity index (χ1) is 17.0. The molecule has 0 N–H and O–H groups in total. The van der Waals surface area contributed by atoms with E-state index in [1.165, 1.54) is 11.8 Å². The van der Waals surface area contributed by atoms with Gasteiger partial charge in [0.2, 0.25) is 6.79 Å².